The van der Waals surface area contributed by atoms with Crippen LogP contribution in [-0.4, -0.2) is 12.9 Å². The number of ether oxygens (including phenoxy) is 1. The second-order valence-electron chi connectivity index (χ2n) is 4.07. The Balaban J connectivity index is 2.10. The molecule has 0 saturated heterocycles. The minimum Gasteiger partial charge on any atom is -0.497 e. The van der Waals surface area contributed by atoms with Crippen LogP contribution in [0.5, 0.6) is 5.75 Å². The summed E-state index contributed by atoms with van der Waals surface area (Å²) in [6, 6.07) is 11.1. The van der Waals surface area contributed by atoms with Crippen molar-refractivity contribution in [3.8, 4) is 5.75 Å². The van der Waals surface area contributed by atoms with E-state index in [1.165, 1.54) is 0 Å². The van der Waals surface area contributed by atoms with Gasteiger partial charge in [-0.05, 0) is 29.8 Å². The van der Waals surface area contributed by atoms with Gasteiger partial charge < -0.3 is 9.15 Å². The average Bonchev–Trinajstić information content (AvgIpc) is 2.88. The SMILES string of the molecule is CCc1ccc(C(=O)Cc2cccc(OC)c2)o1. The third-order valence-electron chi connectivity index (χ3n) is 2.78. The summed E-state index contributed by atoms with van der Waals surface area (Å²) in [5, 5.41) is 0. The molecular weight excluding hydrogens is 228 g/mol. The second-order valence-corrected chi connectivity index (χ2v) is 4.07. The van der Waals surface area contributed by atoms with E-state index in [2.05, 4.69) is 0 Å². The van der Waals surface area contributed by atoms with Gasteiger partial charge >= 0.3 is 0 Å². The number of furan rings is 1. The zero-order valence-electron chi connectivity index (χ0n) is 10.6. The Morgan fingerprint density at radius 2 is 2.11 bits per heavy atom. The first-order valence-electron chi connectivity index (χ1n) is 5.97. The summed E-state index contributed by atoms with van der Waals surface area (Å²) in [6.45, 7) is 2.00. The van der Waals surface area contributed by atoms with Gasteiger partial charge in [0.05, 0.1) is 7.11 Å². The number of aryl methyl sites for hydroxylation is 1. The molecule has 0 aliphatic heterocycles. The van der Waals surface area contributed by atoms with Gasteiger partial charge in [0.1, 0.15) is 11.5 Å². The van der Waals surface area contributed by atoms with Crippen LogP contribution in [0.2, 0.25) is 0 Å². The lowest BCUT2D eigenvalue weighted by Crippen LogP contribution is -2.02. The number of hydrogen-bond donors (Lipinski definition) is 0. The van der Waals surface area contributed by atoms with Crippen LogP contribution in [0, 0.1) is 0 Å². The summed E-state index contributed by atoms with van der Waals surface area (Å²) >= 11 is 0. The highest BCUT2D eigenvalue weighted by atomic mass is 16.5. The molecule has 0 atom stereocenters. The molecule has 18 heavy (non-hydrogen) atoms. The zero-order valence-corrected chi connectivity index (χ0v) is 10.6. The van der Waals surface area contributed by atoms with Crippen molar-refractivity contribution in [2.24, 2.45) is 0 Å². The highest BCUT2D eigenvalue weighted by Gasteiger charge is 2.11. The van der Waals surface area contributed by atoms with Gasteiger partial charge in [-0.25, -0.2) is 0 Å². The second kappa shape index (κ2) is 5.54. The van der Waals surface area contributed by atoms with E-state index in [4.69, 9.17) is 9.15 Å². The third-order valence-corrected chi connectivity index (χ3v) is 2.78. The van der Waals surface area contributed by atoms with Crippen molar-refractivity contribution in [1.29, 1.82) is 0 Å². The maximum atomic E-state index is 12.0. The zero-order chi connectivity index (χ0) is 13.0. The molecule has 1 aromatic carbocycles. The van der Waals surface area contributed by atoms with Crippen molar-refractivity contribution in [1.82, 2.24) is 0 Å². The minimum atomic E-state index is -0.0112. The Labute approximate surface area is 106 Å². The van der Waals surface area contributed by atoms with E-state index in [1.54, 1.807) is 13.2 Å². The molecular formula is C15H16O3. The molecule has 0 spiro atoms. The standard InChI is InChI=1S/C15H16O3/c1-3-12-7-8-15(18-12)14(16)10-11-5-4-6-13(9-11)17-2/h4-9H,3,10H2,1-2H3. The number of Topliss-reactive ketones (excluding diaryl/α,β-unsaturated/α-hetero) is 1. The molecule has 3 nitrogen and oxygen atoms in total. The van der Waals surface area contributed by atoms with Crippen LogP contribution in [0.15, 0.2) is 40.8 Å². The number of benzene rings is 1. The minimum absolute atomic E-state index is 0.0112. The molecule has 0 bridgehead atoms. The van der Waals surface area contributed by atoms with E-state index in [0.29, 0.717) is 12.2 Å². The number of methoxy groups -OCH3 is 1. The fourth-order valence-corrected chi connectivity index (χ4v) is 1.77. The third kappa shape index (κ3) is 2.80. The molecule has 0 saturated carbocycles. The van der Waals surface area contributed by atoms with Gasteiger partial charge in [0, 0.05) is 12.8 Å². The van der Waals surface area contributed by atoms with Crippen molar-refractivity contribution in [2.45, 2.75) is 19.8 Å². The number of carbonyl (C=O) groups excluding carboxylic acids is 1. The lowest BCUT2D eigenvalue weighted by atomic mass is 10.1. The largest absolute Gasteiger partial charge is 0.497 e. The molecule has 0 aliphatic carbocycles. The fraction of sp³-hybridized carbons (Fsp3) is 0.267. The quantitative estimate of drug-likeness (QED) is 0.758. The van der Waals surface area contributed by atoms with E-state index in [0.717, 1.165) is 23.5 Å². The Morgan fingerprint density at radius 1 is 1.28 bits per heavy atom. The van der Waals surface area contributed by atoms with Gasteiger partial charge in [0.15, 0.2) is 5.76 Å². The van der Waals surface area contributed by atoms with Crippen molar-refractivity contribution < 1.29 is 13.9 Å². The van der Waals surface area contributed by atoms with Gasteiger partial charge in [0.25, 0.3) is 0 Å². The van der Waals surface area contributed by atoms with Crippen molar-refractivity contribution >= 4 is 5.78 Å². The number of ketones is 1. The van der Waals surface area contributed by atoms with Crippen LogP contribution in [0.4, 0.5) is 0 Å². The van der Waals surface area contributed by atoms with Crippen LogP contribution in [-0.2, 0) is 12.8 Å². The Bertz CT molecular complexity index is 540. The summed E-state index contributed by atoms with van der Waals surface area (Å²) in [7, 11) is 1.61. The van der Waals surface area contributed by atoms with E-state index in [1.807, 2.05) is 37.3 Å². The summed E-state index contributed by atoms with van der Waals surface area (Å²) in [6.07, 6.45) is 1.13. The first-order valence-corrected chi connectivity index (χ1v) is 5.97. The van der Waals surface area contributed by atoms with Gasteiger partial charge in [-0.3, -0.25) is 4.79 Å². The molecule has 1 heterocycles. The Hall–Kier alpha value is -2.03. The van der Waals surface area contributed by atoms with Crippen LogP contribution >= 0.6 is 0 Å². The predicted molar refractivity (Wildman–Crippen MR) is 69.1 cm³/mol. The first-order chi connectivity index (χ1) is 8.72. The van der Waals surface area contributed by atoms with Crippen molar-refractivity contribution in [2.75, 3.05) is 7.11 Å². The predicted octanol–water partition coefficient (Wildman–Crippen LogP) is 3.28. The summed E-state index contributed by atoms with van der Waals surface area (Å²) in [5.41, 5.74) is 0.925. The highest BCUT2D eigenvalue weighted by Crippen LogP contribution is 2.16. The molecule has 0 N–H and O–H groups in total. The van der Waals surface area contributed by atoms with Gasteiger partial charge in [-0.1, -0.05) is 19.1 Å². The topological polar surface area (TPSA) is 39.4 Å². The molecule has 0 unspecified atom stereocenters. The van der Waals surface area contributed by atoms with Crippen LogP contribution in [0.25, 0.3) is 0 Å². The van der Waals surface area contributed by atoms with E-state index in [9.17, 15) is 4.79 Å². The lowest BCUT2D eigenvalue weighted by Gasteiger charge is -2.02. The molecule has 0 amide bonds. The molecule has 1 aromatic heterocycles. The van der Waals surface area contributed by atoms with E-state index in [-0.39, 0.29) is 5.78 Å². The Morgan fingerprint density at radius 3 is 2.78 bits per heavy atom. The average molecular weight is 244 g/mol. The van der Waals surface area contributed by atoms with Crippen molar-refractivity contribution in [3.05, 3.63) is 53.5 Å². The fourth-order valence-electron chi connectivity index (χ4n) is 1.77. The molecule has 2 rings (SSSR count). The monoisotopic (exact) mass is 244 g/mol. The lowest BCUT2D eigenvalue weighted by molar-refractivity contribution is 0.0965. The summed E-state index contributed by atoms with van der Waals surface area (Å²) in [5.74, 6) is 2.01. The van der Waals surface area contributed by atoms with Gasteiger partial charge in [-0.15, -0.1) is 0 Å². The number of hydrogen-bond acceptors (Lipinski definition) is 3. The smallest absolute Gasteiger partial charge is 0.202 e. The van der Waals surface area contributed by atoms with Crippen LogP contribution in [0.1, 0.15) is 28.8 Å². The molecule has 0 fully saturated rings. The maximum absolute atomic E-state index is 12.0. The van der Waals surface area contributed by atoms with E-state index >= 15 is 0 Å². The van der Waals surface area contributed by atoms with E-state index < -0.39 is 0 Å². The maximum Gasteiger partial charge on any atom is 0.202 e. The van der Waals surface area contributed by atoms with Crippen molar-refractivity contribution in [3.63, 3.8) is 0 Å². The summed E-state index contributed by atoms with van der Waals surface area (Å²) < 4.78 is 10.6. The molecule has 94 valence electrons. The first kappa shape index (κ1) is 12.4. The Kier molecular flexibility index (Phi) is 3.82. The highest BCUT2D eigenvalue weighted by molar-refractivity contribution is 5.95. The van der Waals surface area contributed by atoms with Gasteiger partial charge in [-0.2, -0.15) is 0 Å². The van der Waals surface area contributed by atoms with Crippen LogP contribution < -0.4 is 4.74 Å². The molecule has 3 heteroatoms. The molecule has 0 radical (unpaired) electrons. The number of rotatable bonds is 5. The van der Waals surface area contributed by atoms with Crippen LogP contribution in [0.3, 0.4) is 0 Å². The normalized spacial score (nSPS) is 10.3. The van der Waals surface area contributed by atoms with Gasteiger partial charge in [0.2, 0.25) is 5.78 Å². The molecule has 0 aliphatic rings. The molecule has 2 aromatic rings. The number of carbonyl (C=O) groups is 1. The summed E-state index contributed by atoms with van der Waals surface area (Å²) in [4.78, 5) is 12.0.